The summed E-state index contributed by atoms with van der Waals surface area (Å²) in [6.07, 6.45) is 3.51. The zero-order valence-corrected chi connectivity index (χ0v) is 12.2. The van der Waals surface area contributed by atoms with Crippen LogP contribution in [0.5, 0.6) is 5.75 Å². The molecule has 1 aromatic carbocycles. The molecule has 5 nitrogen and oxygen atoms in total. The molecule has 0 radical (unpaired) electrons. The van der Waals surface area contributed by atoms with E-state index in [0.29, 0.717) is 13.2 Å². The summed E-state index contributed by atoms with van der Waals surface area (Å²) in [4.78, 5) is 25.7. The third kappa shape index (κ3) is 2.60. The van der Waals surface area contributed by atoms with Crippen LogP contribution in [0.3, 0.4) is 0 Å². The highest BCUT2D eigenvalue weighted by atomic mass is 16.5. The first-order chi connectivity index (χ1) is 10.1. The number of imide groups is 1. The number of benzene rings is 1. The Kier molecular flexibility index (Phi) is 3.57. The van der Waals surface area contributed by atoms with E-state index in [9.17, 15) is 9.59 Å². The second-order valence-electron chi connectivity index (χ2n) is 5.84. The van der Waals surface area contributed by atoms with Crippen molar-refractivity contribution in [1.29, 1.82) is 0 Å². The van der Waals surface area contributed by atoms with Crippen molar-refractivity contribution in [3.8, 4) is 5.75 Å². The quantitative estimate of drug-likeness (QED) is 0.864. The Labute approximate surface area is 124 Å². The Morgan fingerprint density at radius 3 is 2.76 bits per heavy atom. The van der Waals surface area contributed by atoms with Crippen molar-refractivity contribution in [3.63, 3.8) is 0 Å². The van der Waals surface area contributed by atoms with Crippen LogP contribution in [0, 0.1) is 6.92 Å². The zero-order chi connectivity index (χ0) is 14.9. The largest absolute Gasteiger partial charge is 0.492 e. The number of nitrogens with one attached hydrogen (secondary N) is 1. The maximum Gasteiger partial charge on any atom is 0.325 e. The molecule has 1 saturated heterocycles. The first kappa shape index (κ1) is 13.9. The number of amides is 3. The molecule has 1 saturated carbocycles. The van der Waals surface area contributed by atoms with Crippen molar-refractivity contribution in [2.45, 2.75) is 38.1 Å². The molecule has 0 unspecified atom stereocenters. The van der Waals surface area contributed by atoms with E-state index in [1.165, 1.54) is 4.90 Å². The molecule has 0 bridgehead atoms. The smallest absolute Gasteiger partial charge is 0.325 e. The van der Waals surface area contributed by atoms with E-state index in [1.54, 1.807) is 0 Å². The van der Waals surface area contributed by atoms with E-state index in [1.807, 2.05) is 31.2 Å². The summed E-state index contributed by atoms with van der Waals surface area (Å²) in [7, 11) is 0. The number of carbonyl (C=O) groups excluding carboxylic acids is 2. The van der Waals surface area contributed by atoms with Gasteiger partial charge in [-0.3, -0.25) is 9.69 Å². The summed E-state index contributed by atoms with van der Waals surface area (Å²) in [5.74, 6) is 0.676. The number of urea groups is 1. The molecule has 0 aromatic heterocycles. The first-order valence-corrected chi connectivity index (χ1v) is 7.44. The van der Waals surface area contributed by atoms with Gasteiger partial charge in [-0.25, -0.2) is 4.79 Å². The Morgan fingerprint density at radius 2 is 2.05 bits per heavy atom. The topological polar surface area (TPSA) is 58.6 Å². The van der Waals surface area contributed by atoms with E-state index in [0.717, 1.165) is 37.0 Å². The molecule has 5 heteroatoms. The van der Waals surface area contributed by atoms with E-state index in [-0.39, 0.29) is 11.9 Å². The van der Waals surface area contributed by atoms with Gasteiger partial charge >= 0.3 is 6.03 Å². The summed E-state index contributed by atoms with van der Waals surface area (Å²) < 4.78 is 5.62. The number of carbonyl (C=O) groups is 2. The standard InChI is InChI=1S/C16H20N2O3/c1-12-5-4-6-13(11-12)21-10-9-18-14(19)16(17-15(18)20)7-2-3-8-16/h4-6,11H,2-3,7-10H2,1H3,(H,17,20). The van der Waals surface area contributed by atoms with Crippen LogP contribution in [0.1, 0.15) is 31.2 Å². The average Bonchev–Trinajstić information content (AvgIpc) is 3.00. The number of ether oxygens (including phenoxy) is 1. The number of nitrogens with zero attached hydrogens (tertiary/aromatic N) is 1. The Hall–Kier alpha value is -2.04. The van der Waals surface area contributed by atoms with Crippen molar-refractivity contribution >= 4 is 11.9 Å². The van der Waals surface area contributed by atoms with Crippen LogP contribution >= 0.6 is 0 Å². The molecule has 21 heavy (non-hydrogen) atoms. The fraction of sp³-hybridized carbons (Fsp3) is 0.500. The summed E-state index contributed by atoms with van der Waals surface area (Å²) in [6.45, 7) is 2.60. The Balaban J connectivity index is 1.58. The highest BCUT2D eigenvalue weighted by Crippen LogP contribution is 2.34. The van der Waals surface area contributed by atoms with Crippen molar-refractivity contribution in [1.82, 2.24) is 10.2 Å². The molecule has 3 rings (SSSR count). The summed E-state index contributed by atoms with van der Waals surface area (Å²) in [6, 6.07) is 7.44. The third-order valence-corrected chi connectivity index (χ3v) is 4.28. The van der Waals surface area contributed by atoms with Gasteiger partial charge in [-0.15, -0.1) is 0 Å². The molecule has 2 aliphatic rings. The van der Waals surface area contributed by atoms with Gasteiger partial charge in [0.05, 0.1) is 6.54 Å². The number of aryl methyl sites for hydroxylation is 1. The van der Waals surface area contributed by atoms with Crippen LogP contribution in [0.25, 0.3) is 0 Å². The summed E-state index contributed by atoms with van der Waals surface area (Å²) in [5.41, 5.74) is 0.493. The normalized spacial score (nSPS) is 20.1. The van der Waals surface area contributed by atoms with Gasteiger partial charge in [0.15, 0.2) is 0 Å². The number of hydrogen-bond acceptors (Lipinski definition) is 3. The second kappa shape index (κ2) is 5.39. The lowest BCUT2D eigenvalue weighted by molar-refractivity contribution is -0.131. The maximum atomic E-state index is 12.4. The van der Waals surface area contributed by atoms with Gasteiger partial charge in [0.2, 0.25) is 0 Å². The zero-order valence-electron chi connectivity index (χ0n) is 12.2. The lowest BCUT2D eigenvalue weighted by Crippen LogP contribution is -2.44. The highest BCUT2D eigenvalue weighted by molar-refractivity contribution is 6.07. The summed E-state index contributed by atoms with van der Waals surface area (Å²) >= 11 is 0. The minimum atomic E-state index is -0.625. The van der Waals surface area contributed by atoms with E-state index in [4.69, 9.17) is 4.74 Å². The van der Waals surface area contributed by atoms with Crippen LogP contribution in [0.2, 0.25) is 0 Å². The molecular weight excluding hydrogens is 268 g/mol. The Morgan fingerprint density at radius 1 is 1.29 bits per heavy atom. The van der Waals surface area contributed by atoms with E-state index < -0.39 is 5.54 Å². The number of rotatable bonds is 4. The van der Waals surface area contributed by atoms with Gasteiger partial charge in [-0.05, 0) is 37.5 Å². The molecule has 1 aliphatic carbocycles. The molecule has 1 aliphatic heterocycles. The predicted octanol–water partition coefficient (Wildman–Crippen LogP) is 2.24. The molecule has 1 N–H and O–H groups in total. The van der Waals surface area contributed by atoms with E-state index >= 15 is 0 Å². The van der Waals surface area contributed by atoms with Crippen LogP contribution in [0.4, 0.5) is 4.79 Å². The molecule has 112 valence electrons. The highest BCUT2D eigenvalue weighted by Gasteiger charge is 2.52. The molecule has 0 atom stereocenters. The molecule has 1 aromatic rings. The molecule has 1 spiro atoms. The van der Waals surface area contributed by atoms with Gasteiger partial charge in [-0.1, -0.05) is 25.0 Å². The number of hydrogen-bond donors (Lipinski definition) is 1. The van der Waals surface area contributed by atoms with Crippen molar-refractivity contribution in [3.05, 3.63) is 29.8 Å². The van der Waals surface area contributed by atoms with Gasteiger partial charge in [-0.2, -0.15) is 0 Å². The van der Waals surface area contributed by atoms with Crippen LogP contribution < -0.4 is 10.1 Å². The van der Waals surface area contributed by atoms with Crippen molar-refractivity contribution in [2.24, 2.45) is 0 Å². The van der Waals surface area contributed by atoms with Crippen LogP contribution in [0.15, 0.2) is 24.3 Å². The SMILES string of the molecule is Cc1cccc(OCCN2C(=O)NC3(CCCC3)C2=O)c1. The maximum absolute atomic E-state index is 12.4. The molecule has 1 heterocycles. The minimum absolute atomic E-state index is 0.0853. The molecule has 2 fully saturated rings. The Bertz CT molecular complexity index is 564. The molecule has 3 amide bonds. The fourth-order valence-corrected chi connectivity index (χ4v) is 3.16. The van der Waals surface area contributed by atoms with Gasteiger partial charge in [0, 0.05) is 0 Å². The van der Waals surface area contributed by atoms with Gasteiger partial charge < -0.3 is 10.1 Å². The monoisotopic (exact) mass is 288 g/mol. The minimum Gasteiger partial charge on any atom is -0.492 e. The van der Waals surface area contributed by atoms with Gasteiger partial charge in [0.1, 0.15) is 17.9 Å². The van der Waals surface area contributed by atoms with Crippen molar-refractivity contribution < 1.29 is 14.3 Å². The lowest BCUT2D eigenvalue weighted by atomic mass is 9.98. The van der Waals surface area contributed by atoms with Crippen LogP contribution in [-0.4, -0.2) is 35.5 Å². The van der Waals surface area contributed by atoms with E-state index in [2.05, 4.69) is 5.32 Å². The summed E-state index contributed by atoms with van der Waals surface area (Å²) in [5, 5.41) is 2.87. The third-order valence-electron chi connectivity index (χ3n) is 4.28. The van der Waals surface area contributed by atoms with Gasteiger partial charge in [0.25, 0.3) is 5.91 Å². The second-order valence-corrected chi connectivity index (χ2v) is 5.84. The molecular formula is C16H20N2O3. The predicted molar refractivity (Wildman–Crippen MR) is 78.1 cm³/mol. The average molecular weight is 288 g/mol. The fourth-order valence-electron chi connectivity index (χ4n) is 3.16. The van der Waals surface area contributed by atoms with Crippen molar-refractivity contribution in [2.75, 3.05) is 13.2 Å². The van der Waals surface area contributed by atoms with Crippen LogP contribution in [-0.2, 0) is 4.79 Å². The lowest BCUT2D eigenvalue weighted by Gasteiger charge is -2.20. The first-order valence-electron chi connectivity index (χ1n) is 7.44.